The third-order valence-corrected chi connectivity index (χ3v) is 8.83. The summed E-state index contributed by atoms with van der Waals surface area (Å²) in [7, 11) is 0. The SMILES string of the molecule is N=C(Oc1cccc2c1sc1ccc3cc(-c4nc(-c5ccccc5)nc(-c5ccccc5)n4)ccc3c12)c1ccccc1. The van der Waals surface area contributed by atoms with Gasteiger partial charge in [-0.3, -0.25) is 5.41 Å². The molecule has 0 unspecified atom stereocenters. The molecule has 44 heavy (non-hydrogen) atoms. The maximum atomic E-state index is 8.52. The van der Waals surface area contributed by atoms with E-state index >= 15 is 0 Å². The van der Waals surface area contributed by atoms with Gasteiger partial charge in [-0.15, -0.1) is 11.3 Å². The maximum Gasteiger partial charge on any atom is 0.219 e. The Balaban J connectivity index is 1.24. The highest BCUT2D eigenvalue weighted by atomic mass is 32.1. The molecular weight excluding hydrogens is 561 g/mol. The van der Waals surface area contributed by atoms with Crippen molar-refractivity contribution in [1.29, 1.82) is 5.41 Å². The third kappa shape index (κ3) is 4.68. The van der Waals surface area contributed by atoms with Crippen molar-refractivity contribution in [3.63, 3.8) is 0 Å². The Labute approximate surface area is 257 Å². The molecule has 0 atom stereocenters. The van der Waals surface area contributed by atoms with Crippen molar-refractivity contribution in [2.45, 2.75) is 0 Å². The summed E-state index contributed by atoms with van der Waals surface area (Å²) in [5.74, 6) is 2.73. The van der Waals surface area contributed by atoms with Crippen LogP contribution in [-0.2, 0) is 0 Å². The molecule has 6 heteroatoms. The number of benzene rings is 6. The van der Waals surface area contributed by atoms with Crippen molar-refractivity contribution in [2.75, 3.05) is 0 Å². The van der Waals surface area contributed by atoms with Gasteiger partial charge in [0, 0.05) is 37.7 Å². The van der Waals surface area contributed by atoms with E-state index in [1.54, 1.807) is 11.3 Å². The zero-order valence-corrected chi connectivity index (χ0v) is 24.3. The fraction of sp³-hybridized carbons (Fsp3) is 0. The minimum absolute atomic E-state index is 0.132. The molecule has 5 nitrogen and oxygen atoms in total. The van der Waals surface area contributed by atoms with Crippen LogP contribution in [0.25, 0.3) is 65.1 Å². The Morgan fingerprint density at radius 2 is 1.16 bits per heavy atom. The summed E-state index contributed by atoms with van der Waals surface area (Å²) in [4.78, 5) is 14.7. The fourth-order valence-electron chi connectivity index (χ4n) is 5.52. The summed E-state index contributed by atoms with van der Waals surface area (Å²) < 4.78 is 8.29. The summed E-state index contributed by atoms with van der Waals surface area (Å²) in [5.41, 5.74) is 3.55. The van der Waals surface area contributed by atoms with Crippen LogP contribution in [0.4, 0.5) is 0 Å². The molecule has 0 spiro atoms. The second-order valence-corrected chi connectivity index (χ2v) is 11.5. The van der Waals surface area contributed by atoms with Crippen LogP contribution in [0.15, 0.2) is 140 Å². The molecule has 0 fully saturated rings. The largest absolute Gasteiger partial charge is 0.437 e. The molecule has 6 aromatic carbocycles. The molecule has 0 amide bonds. The van der Waals surface area contributed by atoms with Crippen molar-refractivity contribution in [3.05, 3.63) is 145 Å². The first-order valence-electron chi connectivity index (χ1n) is 14.3. The molecule has 0 bridgehead atoms. The number of nitrogens with zero attached hydrogens (tertiary/aromatic N) is 3. The Kier molecular flexibility index (Phi) is 6.39. The highest BCUT2D eigenvalue weighted by molar-refractivity contribution is 7.26. The van der Waals surface area contributed by atoms with Gasteiger partial charge in [-0.2, -0.15) is 0 Å². The number of ether oxygens (including phenoxy) is 1. The highest BCUT2D eigenvalue weighted by Crippen LogP contribution is 2.43. The van der Waals surface area contributed by atoms with Crippen LogP contribution in [0.5, 0.6) is 5.75 Å². The molecule has 8 rings (SSSR count). The van der Waals surface area contributed by atoms with Crippen molar-refractivity contribution < 1.29 is 4.74 Å². The first-order valence-corrected chi connectivity index (χ1v) is 15.1. The molecule has 8 aromatic rings. The van der Waals surface area contributed by atoms with E-state index < -0.39 is 0 Å². The maximum absolute atomic E-state index is 8.52. The second-order valence-electron chi connectivity index (χ2n) is 10.4. The molecule has 2 heterocycles. The summed E-state index contributed by atoms with van der Waals surface area (Å²) in [5, 5.41) is 13.1. The predicted molar refractivity (Wildman–Crippen MR) is 180 cm³/mol. The first kappa shape index (κ1) is 25.9. The van der Waals surface area contributed by atoms with E-state index in [-0.39, 0.29) is 5.90 Å². The Morgan fingerprint density at radius 1 is 0.545 bits per heavy atom. The quantitative estimate of drug-likeness (QED) is 0.161. The summed E-state index contributed by atoms with van der Waals surface area (Å²) in [6.07, 6.45) is 0. The monoisotopic (exact) mass is 584 g/mol. The summed E-state index contributed by atoms with van der Waals surface area (Å²) >= 11 is 1.69. The van der Waals surface area contributed by atoms with Gasteiger partial charge < -0.3 is 4.74 Å². The lowest BCUT2D eigenvalue weighted by molar-refractivity contribution is 0.555. The lowest BCUT2D eigenvalue weighted by atomic mass is 10.0. The smallest absolute Gasteiger partial charge is 0.219 e. The molecular formula is C38H24N4OS. The van der Waals surface area contributed by atoms with Crippen LogP contribution in [0.1, 0.15) is 5.56 Å². The van der Waals surface area contributed by atoms with Gasteiger partial charge in [0.2, 0.25) is 5.90 Å². The zero-order valence-electron chi connectivity index (χ0n) is 23.4. The zero-order chi connectivity index (χ0) is 29.5. The van der Waals surface area contributed by atoms with Crippen LogP contribution in [0.2, 0.25) is 0 Å². The summed E-state index contributed by atoms with van der Waals surface area (Å²) in [6, 6.07) is 46.4. The van der Waals surface area contributed by atoms with Crippen molar-refractivity contribution >= 4 is 48.2 Å². The van der Waals surface area contributed by atoms with Crippen LogP contribution >= 0.6 is 11.3 Å². The van der Waals surface area contributed by atoms with E-state index in [0.29, 0.717) is 23.2 Å². The van der Waals surface area contributed by atoms with Crippen molar-refractivity contribution in [1.82, 2.24) is 15.0 Å². The molecule has 0 aliphatic carbocycles. The first-order chi connectivity index (χ1) is 21.7. The Hall–Kier alpha value is -5.72. The van der Waals surface area contributed by atoms with E-state index in [2.05, 4.69) is 36.4 Å². The van der Waals surface area contributed by atoms with Gasteiger partial charge in [-0.1, -0.05) is 109 Å². The lowest BCUT2D eigenvalue weighted by Gasteiger charge is -2.09. The van der Waals surface area contributed by atoms with Gasteiger partial charge in [0.05, 0.1) is 4.70 Å². The Bertz CT molecular complexity index is 2260. The number of aromatic nitrogens is 3. The number of rotatable bonds is 5. The molecule has 0 radical (unpaired) electrons. The van der Waals surface area contributed by atoms with Crippen molar-refractivity contribution in [3.8, 4) is 39.9 Å². The lowest BCUT2D eigenvalue weighted by Crippen LogP contribution is -2.08. The highest BCUT2D eigenvalue weighted by Gasteiger charge is 2.16. The molecule has 0 saturated heterocycles. The molecule has 2 aromatic heterocycles. The van der Waals surface area contributed by atoms with Gasteiger partial charge in [-0.25, -0.2) is 15.0 Å². The average Bonchev–Trinajstić information content (AvgIpc) is 3.49. The van der Waals surface area contributed by atoms with Crippen LogP contribution in [0, 0.1) is 5.41 Å². The predicted octanol–water partition coefficient (Wildman–Crippen LogP) is 9.80. The van der Waals surface area contributed by atoms with Gasteiger partial charge in [0.1, 0.15) is 5.75 Å². The van der Waals surface area contributed by atoms with E-state index in [4.69, 9.17) is 25.1 Å². The topological polar surface area (TPSA) is 71.8 Å². The normalized spacial score (nSPS) is 11.3. The van der Waals surface area contributed by atoms with E-state index in [1.807, 2.05) is 103 Å². The van der Waals surface area contributed by atoms with E-state index in [0.717, 1.165) is 43.1 Å². The summed E-state index contributed by atoms with van der Waals surface area (Å²) in [6.45, 7) is 0. The number of nitrogens with one attached hydrogen (secondary N) is 1. The molecule has 0 aliphatic rings. The number of fused-ring (bicyclic) bond motifs is 5. The van der Waals surface area contributed by atoms with Crippen LogP contribution in [0.3, 0.4) is 0 Å². The standard InChI is InChI=1S/C38H24N4OS/c39-35(24-11-4-1-5-12-24)43-31-18-10-17-30-33-29-21-19-28(23-27(29)20-22-32(33)44-34(30)31)38-41-36(25-13-6-2-7-14-25)40-37(42-38)26-15-8-3-9-16-26/h1-23,39H. The van der Waals surface area contributed by atoms with Gasteiger partial charge in [-0.05, 0) is 41.1 Å². The second kappa shape index (κ2) is 10.8. The van der Waals surface area contributed by atoms with Gasteiger partial charge in [0.15, 0.2) is 17.5 Å². The van der Waals surface area contributed by atoms with E-state index in [1.165, 1.54) is 10.1 Å². The number of hydrogen-bond acceptors (Lipinski definition) is 6. The average molecular weight is 585 g/mol. The van der Waals surface area contributed by atoms with Gasteiger partial charge >= 0.3 is 0 Å². The number of thiophene rings is 1. The Morgan fingerprint density at radius 3 is 1.82 bits per heavy atom. The minimum atomic E-state index is 0.132. The molecule has 0 aliphatic heterocycles. The number of hydrogen-bond donors (Lipinski definition) is 1. The van der Waals surface area contributed by atoms with Gasteiger partial charge in [0.25, 0.3) is 0 Å². The van der Waals surface area contributed by atoms with E-state index in [9.17, 15) is 0 Å². The van der Waals surface area contributed by atoms with Crippen LogP contribution in [-0.4, -0.2) is 20.8 Å². The molecule has 1 N–H and O–H groups in total. The van der Waals surface area contributed by atoms with Crippen LogP contribution < -0.4 is 4.74 Å². The molecule has 208 valence electrons. The fourth-order valence-corrected chi connectivity index (χ4v) is 6.68. The third-order valence-electron chi connectivity index (χ3n) is 7.65. The minimum Gasteiger partial charge on any atom is -0.437 e. The van der Waals surface area contributed by atoms with Crippen molar-refractivity contribution in [2.24, 2.45) is 0 Å². The molecule has 0 saturated carbocycles.